The molecule has 0 atom stereocenters. The molecule has 23 heavy (non-hydrogen) atoms. The van der Waals surface area contributed by atoms with Gasteiger partial charge in [0.05, 0.1) is 11.6 Å². The monoisotopic (exact) mass is 297 g/mol. The van der Waals surface area contributed by atoms with Gasteiger partial charge in [0.1, 0.15) is 0 Å². The van der Waals surface area contributed by atoms with Gasteiger partial charge in [0.25, 0.3) is 0 Å². The van der Waals surface area contributed by atoms with Gasteiger partial charge in [0, 0.05) is 0 Å². The Morgan fingerprint density at radius 3 is 1.57 bits per heavy atom. The second kappa shape index (κ2) is 6.94. The van der Waals surface area contributed by atoms with Crippen LogP contribution in [0.1, 0.15) is 22.3 Å². The highest BCUT2D eigenvalue weighted by molar-refractivity contribution is 5.64. The predicted molar refractivity (Wildman–Crippen MR) is 95.2 cm³/mol. The topological polar surface area (TPSA) is 23.8 Å². The van der Waals surface area contributed by atoms with Crippen molar-refractivity contribution in [1.29, 1.82) is 5.26 Å². The smallest absolute Gasteiger partial charge is 0.0991 e. The van der Waals surface area contributed by atoms with E-state index in [4.69, 9.17) is 5.26 Å². The summed E-state index contributed by atoms with van der Waals surface area (Å²) in [4.78, 5) is 0. The van der Waals surface area contributed by atoms with Gasteiger partial charge in [-0.2, -0.15) is 5.26 Å². The third kappa shape index (κ3) is 3.87. The molecule has 0 amide bonds. The molecule has 0 aromatic heterocycles. The highest BCUT2D eigenvalue weighted by Gasteiger charge is 2.00. The second-order valence-corrected chi connectivity index (χ2v) is 5.87. The summed E-state index contributed by atoms with van der Waals surface area (Å²) in [6.07, 6.45) is 2.12. The van der Waals surface area contributed by atoms with E-state index < -0.39 is 0 Å². The van der Waals surface area contributed by atoms with Crippen LogP contribution in [0.15, 0.2) is 72.8 Å². The fraction of sp³-hybridized carbons (Fsp3) is 0.136. The molecule has 0 aliphatic rings. The van der Waals surface area contributed by atoms with Gasteiger partial charge in [-0.05, 0) is 54.2 Å². The SMILES string of the molecule is Cc1ccc(CCc2ccc(-c3ccc(C#N)cc3)cc2)cc1. The van der Waals surface area contributed by atoms with Gasteiger partial charge in [-0.3, -0.25) is 0 Å². The number of rotatable bonds is 4. The first-order valence-electron chi connectivity index (χ1n) is 7.89. The summed E-state index contributed by atoms with van der Waals surface area (Å²) in [6, 6.07) is 27.3. The Morgan fingerprint density at radius 1 is 0.652 bits per heavy atom. The number of hydrogen-bond donors (Lipinski definition) is 0. The average Bonchev–Trinajstić information content (AvgIpc) is 2.62. The molecule has 0 fully saturated rings. The second-order valence-electron chi connectivity index (χ2n) is 5.87. The van der Waals surface area contributed by atoms with E-state index in [1.165, 1.54) is 22.3 Å². The van der Waals surface area contributed by atoms with Gasteiger partial charge in [-0.1, -0.05) is 66.2 Å². The summed E-state index contributed by atoms with van der Waals surface area (Å²) in [5.41, 5.74) is 7.07. The van der Waals surface area contributed by atoms with Crippen molar-refractivity contribution in [2.75, 3.05) is 0 Å². The molecule has 0 N–H and O–H groups in total. The molecular weight excluding hydrogens is 278 g/mol. The van der Waals surface area contributed by atoms with Gasteiger partial charge >= 0.3 is 0 Å². The van der Waals surface area contributed by atoms with Gasteiger partial charge in [0.15, 0.2) is 0 Å². The van der Waals surface area contributed by atoms with Crippen LogP contribution in [0.25, 0.3) is 11.1 Å². The largest absolute Gasteiger partial charge is 0.192 e. The summed E-state index contributed by atoms with van der Waals surface area (Å²) in [7, 11) is 0. The minimum absolute atomic E-state index is 0.698. The molecule has 0 saturated heterocycles. The van der Waals surface area contributed by atoms with Crippen LogP contribution in [-0.4, -0.2) is 0 Å². The van der Waals surface area contributed by atoms with Crippen LogP contribution in [0, 0.1) is 18.3 Å². The maximum atomic E-state index is 8.85. The zero-order valence-corrected chi connectivity index (χ0v) is 13.3. The van der Waals surface area contributed by atoms with E-state index in [2.05, 4.69) is 61.5 Å². The predicted octanol–water partition coefficient (Wildman–Crippen LogP) is 5.32. The molecule has 0 bridgehead atoms. The molecule has 0 aliphatic carbocycles. The fourth-order valence-electron chi connectivity index (χ4n) is 2.64. The number of nitriles is 1. The van der Waals surface area contributed by atoms with Gasteiger partial charge in [-0.15, -0.1) is 0 Å². The highest BCUT2D eigenvalue weighted by atomic mass is 14.2. The van der Waals surface area contributed by atoms with Crippen LogP contribution >= 0.6 is 0 Å². The van der Waals surface area contributed by atoms with Crippen LogP contribution in [0.5, 0.6) is 0 Å². The zero-order chi connectivity index (χ0) is 16.1. The Bertz CT molecular complexity index is 804. The molecule has 112 valence electrons. The summed E-state index contributed by atoms with van der Waals surface area (Å²) < 4.78 is 0. The molecule has 3 aromatic carbocycles. The lowest BCUT2D eigenvalue weighted by Crippen LogP contribution is -1.91. The molecule has 0 heterocycles. The third-order valence-corrected chi connectivity index (χ3v) is 4.12. The van der Waals surface area contributed by atoms with Crippen molar-refractivity contribution in [2.24, 2.45) is 0 Å². The lowest BCUT2D eigenvalue weighted by atomic mass is 9.99. The Hall–Kier alpha value is -2.85. The van der Waals surface area contributed by atoms with E-state index in [0.29, 0.717) is 5.56 Å². The zero-order valence-electron chi connectivity index (χ0n) is 13.3. The van der Waals surface area contributed by atoms with Crippen molar-refractivity contribution < 1.29 is 0 Å². The Balaban J connectivity index is 1.66. The first-order valence-corrected chi connectivity index (χ1v) is 7.89. The lowest BCUT2D eigenvalue weighted by Gasteiger charge is -2.06. The first-order chi connectivity index (χ1) is 11.2. The van der Waals surface area contributed by atoms with E-state index in [9.17, 15) is 0 Å². The van der Waals surface area contributed by atoms with Crippen molar-refractivity contribution in [3.8, 4) is 17.2 Å². The van der Waals surface area contributed by atoms with E-state index in [0.717, 1.165) is 18.4 Å². The molecule has 0 unspecified atom stereocenters. The molecule has 0 spiro atoms. The molecule has 1 nitrogen and oxygen atoms in total. The fourth-order valence-corrected chi connectivity index (χ4v) is 2.64. The summed E-state index contributed by atoms with van der Waals surface area (Å²) in [5.74, 6) is 0. The van der Waals surface area contributed by atoms with Crippen LogP contribution < -0.4 is 0 Å². The minimum Gasteiger partial charge on any atom is -0.192 e. The molecule has 3 rings (SSSR count). The molecule has 3 aromatic rings. The quantitative estimate of drug-likeness (QED) is 0.639. The number of aryl methyl sites for hydroxylation is 3. The molecule has 0 saturated carbocycles. The number of hydrogen-bond acceptors (Lipinski definition) is 1. The Labute approximate surface area is 137 Å². The molecule has 1 heteroatoms. The summed E-state index contributed by atoms with van der Waals surface area (Å²) in [6.45, 7) is 2.12. The van der Waals surface area contributed by atoms with E-state index in [1.807, 2.05) is 24.3 Å². The number of nitrogens with zero attached hydrogens (tertiary/aromatic N) is 1. The maximum absolute atomic E-state index is 8.85. The van der Waals surface area contributed by atoms with Crippen LogP contribution in [0.4, 0.5) is 0 Å². The minimum atomic E-state index is 0.698. The molecule has 0 radical (unpaired) electrons. The average molecular weight is 297 g/mol. The highest BCUT2D eigenvalue weighted by Crippen LogP contribution is 2.21. The standard InChI is InChI=1S/C22H19N/c1-17-2-4-18(5-3-17)6-7-19-8-12-21(13-9-19)22-14-10-20(16-23)11-15-22/h2-5,8-15H,6-7H2,1H3. The first kappa shape index (κ1) is 15.1. The van der Waals surface area contributed by atoms with Crippen LogP contribution in [-0.2, 0) is 12.8 Å². The Morgan fingerprint density at radius 2 is 1.09 bits per heavy atom. The van der Waals surface area contributed by atoms with Crippen molar-refractivity contribution in [1.82, 2.24) is 0 Å². The van der Waals surface area contributed by atoms with Gasteiger partial charge in [-0.25, -0.2) is 0 Å². The lowest BCUT2D eigenvalue weighted by molar-refractivity contribution is 0.959. The maximum Gasteiger partial charge on any atom is 0.0991 e. The third-order valence-electron chi connectivity index (χ3n) is 4.12. The van der Waals surface area contributed by atoms with E-state index in [1.54, 1.807) is 0 Å². The van der Waals surface area contributed by atoms with E-state index >= 15 is 0 Å². The summed E-state index contributed by atoms with van der Waals surface area (Å²) >= 11 is 0. The van der Waals surface area contributed by atoms with Crippen molar-refractivity contribution in [3.05, 3.63) is 95.1 Å². The van der Waals surface area contributed by atoms with Gasteiger partial charge < -0.3 is 0 Å². The van der Waals surface area contributed by atoms with Crippen molar-refractivity contribution in [2.45, 2.75) is 19.8 Å². The van der Waals surface area contributed by atoms with Crippen molar-refractivity contribution >= 4 is 0 Å². The summed E-state index contributed by atoms with van der Waals surface area (Å²) in [5, 5.41) is 8.85. The normalized spacial score (nSPS) is 10.3. The van der Waals surface area contributed by atoms with Gasteiger partial charge in [0.2, 0.25) is 0 Å². The van der Waals surface area contributed by atoms with Crippen LogP contribution in [0.3, 0.4) is 0 Å². The van der Waals surface area contributed by atoms with Crippen LogP contribution in [0.2, 0.25) is 0 Å². The molecular formula is C22H19N. The number of benzene rings is 3. The van der Waals surface area contributed by atoms with E-state index in [-0.39, 0.29) is 0 Å². The van der Waals surface area contributed by atoms with Crippen molar-refractivity contribution in [3.63, 3.8) is 0 Å². The molecule has 0 aliphatic heterocycles. The Kier molecular flexibility index (Phi) is 4.54.